The molecule has 17 heavy (non-hydrogen) atoms. The number of phenols is 1. The second-order valence-electron chi connectivity index (χ2n) is 3.46. The molecule has 1 aromatic carbocycles. The largest absolute Gasteiger partial charge is 0.508 e. The van der Waals surface area contributed by atoms with Gasteiger partial charge in [0.15, 0.2) is 0 Å². The smallest absolute Gasteiger partial charge is 0.330 e. The van der Waals surface area contributed by atoms with Gasteiger partial charge in [-0.25, -0.2) is 10.2 Å². The van der Waals surface area contributed by atoms with E-state index in [4.69, 9.17) is 16.6 Å². The van der Waals surface area contributed by atoms with Gasteiger partial charge in [0, 0.05) is 0 Å². The van der Waals surface area contributed by atoms with Crippen molar-refractivity contribution in [3.63, 3.8) is 0 Å². The molecular weight excluding hydrogens is 224 g/mol. The van der Waals surface area contributed by atoms with Gasteiger partial charge in [-0.3, -0.25) is 10.2 Å². The Bertz CT molecular complexity index is 405. The highest BCUT2D eigenvalue weighted by atomic mass is 16.3. The van der Waals surface area contributed by atoms with Crippen molar-refractivity contribution in [3.05, 3.63) is 29.8 Å². The third-order valence-corrected chi connectivity index (χ3v) is 2.04. The van der Waals surface area contributed by atoms with E-state index in [0.717, 1.165) is 5.56 Å². The molecule has 0 aliphatic heterocycles. The van der Waals surface area contributed by atoms with Crippen LogP contribution in [0.2, 0.25) is 0 Å². The van der Waals surface area contributed by atoms with E-state index in [9.17, 15) is 9.59 Å². The monoisotopic (exact) mass is 238 g/mol. The second kappa shape index (κ2) is 5.71. The zero-order chi connectivity index (χ0) is 12.8. The van der Waals surface area contributed by atoms with Gasteiger partial charge in [-0.15, -0.1) is 0 Å². The number of nitrogens with one attached hydrogen (secondary N) is 2. The summed E-state index contributed by atoms with van der Waals surface area (Å²) < 4.78 is 0. The first-order chi connectivity index (χ1) is 7.99. The summed E-state index contributed by atoms with van der Waals surface area (Å²) in [4.78, 5) is 21.7. The van der Waals surface area contributed by atoms with Gasteiger partial charge >= 0.3 is 6.03 Å². The van der Waals surface area contributed by atoms with Crippen molar-refractivity contribution in [1.29, 1.82) is 0 Å². The van der Waals surface area contributed by atoms with Crippen LogP contribution in [0, 0.1) is 0 Å². The number of urea groups is 1. The molecule has 0 fully saturated rings. The molecule has 7 N–H and O–H groups in total. The summed E-state index contributed by atoms with van der Waals surface area (Å²) in [6, 6.07) is 4.64. The third kappa shape index (κ3) is 4.39. The van der Waals surface area contributed by atoms with Gasteiger partial charge in [-0.05, 0) is 24.1 Å². The van der Waals surface area contributed by atoms with Crippen LogP contribution in [0.1, 0.15) is 5.56 Å². The zero-order valence-electron chi connectivity index (χ0n) is 9.01. The average molecular weight is 238 g/mol. The SMILES string of the molecule is NC(=O)NNC(=O)C(N)Cc1ccc(O)cc1. The van der Waals surface area contributed by atoms with Crippen molar-refractivity contribution in [3.8, 4) is 5.75 Å². The molecule has 7 heteroatoms. The quantitative estimate of drug-likeness (QED) is 0.430. The molecule has 92 valence electrons. The molecule has 0 heterocycles. The molecule has 1 atom stereocenters. The number of carbonyl (C=O) groups excluding carboxylic acids is 2. The van der Waals surface area contributed by atoms with Crippen LogP contribution in [0.5, 0.6) is 5.75 Å². The highest BCUT2D eigenvalue weighted by Crippen LogP contribution is 2.10. The van der Waals surface area contributed by atoms with Crippen LogP contribution in [0.4, 0.5) is 4.79 Å². The van der Waals surface area contributed by atoms with E-state index < -0.39 is 18.0 Å². The topological polar surface area (TPSA) is 130 Å². The highest BCUT2D eigenvalue weighted by Gasteiger charge is 2.14. The van der Waals surface area contributed by atoms with Crippen LogP contribution in [-0.4, -0.2) is 23.1 Å². The number of nitrogens with two attached hydrogens (primary N) is 2. The Kier molecular flexibility index (Phi) is 4.29. The molecule has 3 amide bonds. The van der Waals surface area contributed by atoms with Crippen molar-refractivity contribution in [2.75, 3.05) is 0 Å². The predicted octanol–water partition coefficient (Wildman–Crippen LogP) is -1.04. The minimum absolute atomic E-state index is 0.141. The van der Waals surface area contributed by atoms with Gasteiger partial charge in [0.2, 0.25) is 0 Å². The number of hydrazine groups is 1. The van der Waals surface area contributed by atoms with Crippen molar-refractivity contribution >= 4 is 11.9 Å². The van der Waals surface area contributed by atoms with Gasteiger partial charge in [0.1, 0.15) is 5.75 Å². The van der Waals surface area contributed by atoms with Gasteiger partial charge in [-0.2, -0.15) is 0 Å². The van der Waals surface area contributed by atoms with Crippen molar-refractivity contribution < 1.29 is 14.7 Å². The number of hydrogen-bond donors (Lipinski definition) is 5. The molecule has 1 rings (SSSR count). The highest BCUT2D eigenvalue weighted by molar-refractivity contribution is 5.84. The van der Waals surface area contributed by atoms with Crippen LogP contribution < -0.4 is 22.3 Å². The summed E-state index contributed by atoms with van der Waals surface area (Å²) >= 11 is 0. The molecule has 0 saturated heterocycles. The third-order valence-electron chi connectivity index (χ3n) is 2.04. The van der Waals surface area contributed by atoms with Crippen molar-refractivity contribution in [2.24, 2.45) is 11.5 Å². The number of primary amides is 1. The molecule has 1 aromatic rings. The Morgan fingerprint density at radius 3 is 2.35 bits per heavy atom. The molecule has 1 unspecified atom stereocenters. The van der Waals surface area contributed by atoms with Crippen molar-refractivity contribution in [2.45, 2.75) is 12.5 Å². The molecule has 0 radical (unpaired) electrons. The van der Waals surface area contributed by atoms with Gasteiger partial charge < -0.3 is 16.6 Å². The number of aromatic hydroxyl groups is 1. The minimum Gasteiger partial charge on any atom is -0.508 e. The number of phenolic OH excluding ortho intramolecular Hbond substituents is 1. The van der Waals surface area contributed by atoms with Crippen LogP contribution in [0.3, 0.4) is 0 Å². The summed E-state index contributed by atoms with van der Waals surface area (Å²) in [6.07, 6.45) is 0.284. The zero-order valence-corrected chi connectivity index (χ0v) is 9.01. The standard InChI is InChI=1S/C10H14N4O3/c11-8(9(16)13-14-10(12)17)5-6-1-3-7(15)4-2-6/h1-4,8,15H,5,11H2,(H,13,16)(H3,12,14,17). The Balaban J connectivity index is 2.48. The lowest BCUT2D eigenvalue weighted by Gasteiger charge is -2.12. The molecule has 7 nitrogen and oxygen atoms in total. The Morgan fingerprint density at radius 1 is 1.24 bits per heavy atom. The maximum absolute atomic E-state index is 11.4. The molecule has 0 bridgehead atoms. The summed E-state index contributed by atoms with van der Waals surface area (Å²) in [5, 5.41) is 9.07. The average Bonchev–Trinajstić information content (AvgIpc) is 2.28. The molecule has 0 saturated carbocycles. The van der Waals surface area contributed by atoms with E-state index >= 15 is 0 Å². The summed E-state index contributed by atoms with van der Waals surface area (Å²) in [7, 11) is 0. The maximum atomic E-state index is 11.4. The first-order valence-electron chi connectivity index (χ1n) is 4.88. The normalized spacial score (nSPS) is 11.6. The van der Waals surface area contributed by atoms with Gasteiger partial charge in [0.05, 0.1) is 6.04 Å². The van der Waals surface area contributed by atoms with E-state index in [1.165, 1.54) is 12.1 Å². The summed E-state index contributed by atoms with van der Waals surface area (Å²) in [5.41, 5.74) is 15.2. The molecular formula is C10H14N4O3. The Morgan fingerprint density at radius 2 is 1.82 bits per heavy atom. The maximum Gasteiger partial charge on any atom is 0.330 e. The predicted molar refractivity (Wildman–Crippen MR) is 60.6 cm³/mol. The van der Waals surface area contributed by atoms with E-state index in [2.05, 4.69) is 5.43 Å². The van der Waals surface area contributed by atoms with E-state index in [1.807, 2.05) is 5.43 Å². The van der Waals surface area contributed by atoms with Crippen LogP contribution in [0.25, 0.3) is 0 Å². The molecule has 0 aliphatic carbocycles. The molecule has 0 aromatic heterocycles. The number of benzene rings is 1. The van der Waals surface area contributed by atoms with Crippen molar-refractivity contribution in [1.82, 2.24) is 10.9 Å². The number of hydrogen-bond acceptors (Lipinski definition) is 4. The number of rotatable bonds is 3. The lowest BCUT2D eigenvalue weighted by atomic mass is 10.1. The summed E-state index contributed by atoms with van der Waals surface area (Å²) in [6.45, 7) is 0. The fourth-order valence-corrected chi connectivity index (χ4v) is 1.19. The van der Waals surface area contributed by atoms with Crippen LogP contribution >= 0.6 is 0 Å². The molecule has 0 spiro atoms. The lowest BCUT2D eigenvalue weighted by molar-refractivity contribution is -0.123. The first kappa shape index (κ1) is 12.8. The van der Waals surface area contributed by atoms with E-state index in [-0.39, 0.29) is 12.2 Å². The van der Waals surface area contributed by atoms with E-state index in [0.29, 0.717) is 0 Å². The fraction of sp³-hybridized carbons (Fsp3) is 0.200. The summed E-state index contributed by atoms with van der Waals surface area (Å²) in [5.74, 6) is -0.404. The van der Waals surface area contributed by atoms with E-state index in [1.54, 1.807) is 12.1 Å². The second-order valence-corrected chi connectivity index (χ2v) is 3.46. The lowest BCUT2D eigenvalue weighted by Crippen LogP contribution is -2.51. The Labute approximate surface area is 97.8 Å². The van der Waals surface area contributed by atoms with Gasteiger partial charge in [0.25, 0.3) is 5.91 Å². The minimum atomic E-state index is -0.866. The molecule has 0 aliphatic rings. The van der Waals surface area contributed by atoms with Crippen LogP contribution in [-0.2, 0) is 11.2 Å². The fourth-order valence-electron chi connectivity index (χ4n) is 1.19. The number of amides is 3. The first-order valence-corrected chi connectivity index (χ1v) is 4.88. The number of carbonyl (C=O) groups is 2. The van der Waals surface area contributed by atoms with Crippen LogP contribution in [0.15, 0.2) is 24.3 Å². The van der Waals surface area contributed by atoms with Gasteiger partial charge in [-0.1, -0.05) is 12.1 Å². The Hall–Kier alpha value is -2.28.